The molecule has 26 heavy (non-hydrogen) atoms. The molecule has 0 unspecified atom stereocenters. The highest BCUT2D eigenvalue weighted by atomic mass is 16.6. The highest BCUT2D eigenvalue weighted by Crippen LogP contribution is 2.32. The second-order valence-electron chi connectivity index (χ2n) is 7.14. The lowest BCUT2D eigenvalue weighted by atomic mass is 10.1. The van der Waals surface area contributed by atoms with E-state index in [4.69, 9.17) is 9.47 Å². The molecule has 0 radical (unpaired) electrons. The third-order valence-corrected chi connectivity index (χ3v) is 5.34. The molecule has 7 nitrogen and oxygen atoms in total. The summed E-state index contributed by atoms with van der Waals surface area (Å²) in [6, 6.07) is 6.49. The average Bonchev–Trinajstić information content (AvgIpc) is 3.15. The molecule has 2 aliphatic heterocycles. The maximum Gasteiger partial charge on any atom is 0.163 e. The van der Waals surface area contributed by atoms with Crippen LogP contribution in [0.3, 0.4) is 0 Å². The van der Waals surface area contributed by atoms with Gasteiger partial charge >= 0.3 is 0 Å². The lowest BCUT2D eigenvalue weighted by Gasteiger charge is -2.36. The van der Waals surface area contributed by atoms with Crippen LogP contribution in [0.25, 0.3) is 5.69 Å². The minimum atomic E-state index is 0.550. The predicted octanol–water partition coefficient (Wildman–Crippen LogP) is 1.61. The quantitative estimate of drug-likeness (QED) is 0.810. The molecule has 140 valence electrons. The molecule has 4 rings (SSSR count). The van der Waals surface area contributed by atoms with Gasteiger partial charge in [-0.1, -0.05) is 0 Å². The zero-order valence-corrected chi connectivity index (χ0v) is 15.6. The van der Waals surface area contributed by atoms with Crippen molar-refractivity contribution in [2.75, 3.05) is 46.4 Å². The SMILES string of the molecule is C[C@H](CCc1ncnn1-c1ccc2c(c1)OCCO2)N1CCN(C)CC1. The van der Waals surface area contributed by atoms with Crippen LogP contribution < -0.4 is 9.47 Å². The van der Waals surface area contributed by atoms with E-state index >= 15 is 0 Å². The molecule has 0 aliphatic carbocycles. The molecule has 1 saturated heterocycles. The second-order valence-corrected chi connectivity index (χ2v) is 7.14. The van der Waals surface area contributed by atoms with Crippen LogP contribution in [0.5, 0.6) is 11.5 Å². The van der Waals surface area contributed by atoms with Gasteiger partial charge in [0.25, 0.3) is 0 Å². The Morgan fingerprint density at radius 1 is 1.08 bits per heavy atom. The largest absolute Gasteiger partial charge is 0.486 e. The Balaban J connectivity index is 1.42. The topological polar surface area (TPSA) is 55.7 Å². The van der Waals surface area contributed by atoms with Crippen LogP contribution >= 0.6 is 0 Å². The van der Waals surface area contributed by atoms with Gasteiger partial charge < -0.3 is 14.4 Å². The van der Waals surface area contributed by atoms with Crippen molar-refractivity contribution in [3.05, 3.63) is 30.4 Å². The average molecular weight is 357 g/mol. The van der Waals surface area contributed by atoms with Gasteiger partial charge in [-0.25, -0.2) is 9.67 Å². The summed E-state index contributed by atoms with van der Waals surface area (Å²) in [5.41, 5.74) is 0.967. The predicted molar refractivity (Wildman–Crippen MR) is 99.2 cm³/mol. The maximum atomic E-state index is 5.69. The molecule has 0 N–H and O–H groups in total. The molecule has 0 amide bonds. The van der Waals surface area contributed by atoms with Crippen LogP contribution in [0, 0.1) is 0 Å². The van der Waals surface area contributed by atoms with Crippen LogP contribution in [-0.2, 0) is 6.42 Å². The van der Waals surface area contributed by atoms with Crippen LogP contribution in [0.15, 0.2) is 24.5 Å². The molecule has 1 fully saturated rings. The number of hydrogen-bond acceptors (Lipinski definition) is 6. The first-order valence-corrected chi connectivity index (χ1v) is 9.42. The Bertz CT molecular complexity index is 739. The van der Waals surface area contributed by atoms with Crippen LogP contribution in [-0.4, -0.2) is 77.0 Å². The Kier molecular flexibility index (Phi) is 5.08. The Morgan fingerprint density at radius 2 is 1.85 bits per heavy atom. The summed E-state index contributed by atoms with van der Waals surface area (Å²) >= 11 is 0. The van der Waals surface area contributed by atoms with Gasteiger partial charge in [-0.05, 0) is 32.5 Å². The normalized spacial score (nSPS) is 19.5. The highest BCUT2D eigenvalue weighted by Gasteiger charge is 2.20. The van der Waals surface area contributed by atoms with E-state index in [1.165, 1.54) is 0 Å². The standard InChI is InChI=1S/C19H27N5O2/c1-15(23-9-7-22(2)8-10-23)3-6-19-20-14-21-24(19)16-4-5-17-18(13-16)26-12-11-25-17/h4-5,13-15H,3,6-12H2,1-2H3/t15-/m1/s1. The summed E-state index contributed by atoms with van der Waals surface area (Å²) in [6.07, 6.45) is 3.61. The Hall–Kier alpha value is -2.12. The minimum Gasteiger partial charge on any atom is -0.486 e. The van der Waals surface area contributed by atoms with Gasteiger partial charge in [0.15, 0.2) is 11.5 Å². The van der Waals surface area contributed by atoms with Crippen molar-refractivity contribution in [3.63, 3.8) is 0 Å². The number of piperazine rings is 1. The summed E-state index contributed by atoms with van der Waals surface area (Å²) in [5.74, 6) is 2.56. The van der Waals surface area contributed by atoms with Crippen molar-refractivity contribution >= 4 is 0 Å². The highest BCUT2D eigenvalue weighted by molar-refractivity contribution is 5.49. The van der Waals surface area contributed by atoms with E-state index in [0.717, 1.165) is 62.0 Å². The number of nitrogens with zero attached hydrogens (tertiary/aromatic N) is 5. The molecule has 1 aromatic carbocycles. The number of aryl methyl sites for hydroxylation is 1. The van der Waals surface area contributed by atoms with Crippen molar-refractivity contribution in [2.24, 2.45) is 0 Å². The molecular formula is C19H27N5O2. The summed E-state index contributed by atoms with van der Waals surface area (Å²) in [7, 11) is 2.19. The second kappa shape index (κ2) is 7.63. The number of likely N-dealkylation sites (N-methyl/N-ethyl adjacent to an activating group) is 1. The van der Waals surface area contributed by atoms with Gasteiger partial charge in [-0.15, -0.1) is 0 Å². The van der Waals surface area contributed by atoms with E-state index < -0.39 is 0 Å². The fourth-order valence-electron chi connectivity index (χ4n) is 3.60. The third-order valence-electron chi connectivity index (χ3n) is 5.34. The smallest absolute Gasteiger partial charge is 0.163 e. The molecule has 1 aromatic heterocycles. The molecule has 2 aliphatic rings. The lowest BCUT2D eigenvalue weighted by molar-refractivity contribution is 0.114. The number of rotatable bonds is 5. The fourth-order valence-corrected chi connectivity index (χ4v) is 3.60. The van der Waals surface area contributed by atoms with E-state index in [1.54, 1.807) is 6.33 Å². The van der Waals surface area contributed by atoms with E-state index in [0.29, 0.717) is 19.3 Å². The monoisotopic (exact) mass is 357 g/mol. The lowest BCUT2D eigenvalue weighted by Crippen LogP contribution is -2.48. The fraction of sp³-hybridized carbons (Fsp3) is 0.579. The van der Waals surface area contributed by atoms with Crippen LogP contribution in [0.2, 0.25) is 0 Å². The third kappa shape index (κ3) is 3.68. The first-order valence-electron chi connectivity index (χ1n) is 9.42. The van der Waals surface area contributed by atoms with Gasteiger partial charge in [-0.2, -0.15) is 5.10 Å². The molecule has 0 spiro atoms. The van der Waals surface area contributed by atoms with E-state index in [-0.39, 0.29) is 0 Å². The van der Waals surface area contributed by atoms with E-state index in [2.05, 4.69) is 33.9 Å². The molecular weight excluding hydrogens is 330 g/mol. The number of fused-ring (bicyclic) bond motifs is 1. The molecule has 7 heteroatoms. The first kappa shape index (κ1) is 17.3. The molecule has 2 aromatic rings. The Morgan fingerprint density at radius 3 is 2.65 bits per heavy atom. The number of aromatic nitrogens is 3. The van der Waals surface area contributed by atoms with Crippen molar-refractivity contribution in [1.82, 2.24) is 24.6 Å². The number of ether oxygens (including phenoxy) is 2. The number of benzene rings is 1. The van der Waals surface area contributed by atoms with Gasteiger partial charge in [0, 0.05) is 44.7 Å². The van der Waals surface area contributed by atoms with Gasteiger partial charge in [-0.3, -0.25) is 4.90 Å². The van der Waals surface area contributed by atoms with Gasteiger partial charge in [0.1, 0.15) is 25.4 Å². The van der Waals surface area contributed by atoms with E-state index in [1.807, 2.05) is 22.9 Å². The van der Waals surface area contributed by atoms with Crippen LogP contribution in [0.1, 0.15) is 19.2 Å². The maximum absolute atomic E-state index is 5.69. The van der Waals surface area contributed by atoms with E-state index in [9.17, 15) is 0 Å². The summed E-state index contributed by atoms with van der Waals surface area (Å²) in [6.45, 7) is 8.10. The minimum absolute atomic E-state index is 0.550. The molecule has 1 atom stereocenters. The molecule has 3 heterocycles. The zero-order chi connectivity index (χ0) is 17.9. The first-order chi connectivity index (χ1) is 12.7. The van der Waals surface area contributed by atoms with Crippen LogP contribution in [0.4, 0.5) is 0 Å². The zero-order valence-electron chi connectivity index (χ0n) is 15.6. The summed E-state index contributed by atoms with van der Waals surface area (Å²) in [4.78, 5) is 9.45. The summed E-state index contributed by atoms with van der Waals surface area (Å²) < 4.78 is 13.2. The van der Waals surface area contributed by atoms with Gasteiger partial charge in [0.05, 0.1) is 5.69 Å². The van der Waals surface area contributed by atoms with Crippen molar-refractivity contribution < 1.29 is 9.47 Å². The number of hydrogen-bond donors (Lipinski definition) is 0. The molecule has 0 bridgehead atoms. The summed E-state index contributed by atoms with van der Waals surface area (Å²) in [5, 5.41) is 4.42. The van der Waals surface area contributed by atoms with Crippen molar-refractivity contribution in [3.8, 4) is 17.2 Å². The Labute approximate surface area is 154 Å². The van der Waals surface area contributed by atoms with Crippen molar-refractivity contribution in [2.45, 2.75) is 25.8 Å². The van der Waals surface area contributed by atoms with Gasteiger partial charge in [0.2, 0.25) is 0 Å². The van der Waals surface area contributed by atoms with Crippen molar-refractivity contribution in [1.29, 1.82) is 0 Å². The molecule has 0 saturated carbocycles.